The molecule has 3 heterocycles. The van der Waals surface area contributed by atoms with E-state index >= 15 is 0 Å². The zero-order valence-corrected chi connectivity index (χ0v) is 16.7. The van der Waals surface area contributed by atoms with Gasteiger partial charge in [-0.05, 0) is 38.5 Å². The van der Waals surface area contributed by atoms with Crippen LogP contribution in [0.5, 0.6) is 0 Å². The number of hydrogen-bond donors (Lipinski definition) is 1. The molecular formula is C21H27N5O2. The average molecular weight is 381 g/mol. The molecule has 0 fully saturated rings. The van der Waals surface area contributed by atoms with E-state index in [0.29, 0.717) is 12.2 Å². The number of aryl methyl sites for hydroxylation is 1. The van der Waals surface area contributed by atoms with Crippen LogP contribution >= 0.6 is 0 Å². The molecule has 28 heavy (non-hydrogen) atoms. The first-order chi connectivity index (χ1) is 13.5. The lowest BCUT2D eigenvalue weighted by Crippen LogP contribution is -2.27. The highest BCUT2D eigenvalue weighted by molar-refractivity contribution is 5.33. The van der Waals surface area contributed by atoms with Crippen LogP contribution < -0.4 is 5.56 Å². The molecule has 3 aromatic rings. The summed E-state index contributed by atoms with van der Waals surface area (Å²) in [5.74, 6) is 0. The summed E-state index contributed by atoms with van der Waals surface area (Å²) in [5.41, 5.74) is 4.52. The van der Waals surface area contributed by atoms with Crippen molar-refractivity contribution in [3.05, 3.63) is 69.4 Å². The molecule has 0 aliphatic carbocycles. The van der Waals surface area contributed by atoms with E-state index < -0.39 is 6.10 Å². The number of benzene rings is 1. The second-order valence-corrected chi connectivity index (χ2v) is 7.56. The van der Waals surface area contributed by atoms with E-state index in [0.717, 1.165) is 48.7 Å². The first-order valence-electron chi connectivity index (χ1n) is 9.75. The normalized spacial score (nSPS) is 16.0. The molecule has 0 saturated carbocycles. The molecule has 0 amide bonds. The number of fused-ring (bicyclic) bond motifs is 1. The van der Waals surface area contributed by atoms with Crippen LogP contribution in [0.3, 0.4) is 0 Å². The van der Waals surface area contributed by atoms with Crippen molar-refractivity contribution in [3.8, 4) is 5.69 Å². The Bertz CT molecular complexity index is 1030. The summed E-state index contributed by atoms with van der Waals surface area (Å²) in [6.45, 7) is 6.81. The second-order valence-electron chi connectivity index (χ2n) is 7.56. The van der Waals surface area contributed by atoms with Crippen LogP contribution in [0.15, 0.2) is 41.2 Å². The third-order valence-electron chi connectivity index (χ3n) is 5.60. The van der Waals surface area contributed by atoms with Crippen molar-refractivity contribution >= 4 is 0 Å². The van der Waals surface area contributed by atoms with Gasteiger partial charge in [0.1, 0.15) is 0 Å². The molecule has 1 aliphatic heterocycles. The molecule has 1 N–H and O–H groups in total. The maximum Gasteiger partial charge on any atom is 0.276 e. The van der Waals surface area contributed by atoms with Crippen LogP contribution in [0.25, 0.3) is 5.69 Å². The van der Waals surface area contributed by atoms with Crippen LogP contribution in [0.2, 0.25) is 0 Å². The van der Waals surface area contributed by atoms with Gasteiger partial charge in [0.05, 0.1) is 28.7 Å². The fourth-order valence-corrected chi connectivity index (χ4v) is 3.92. The van der Waals surface area contributed by atoms with E-state index in [2.05, 4.69) is 10.00 Å². The summed E-state index contributed by atoms with van der Waals surface area (Å²) < 4.78 is 5.65. The van der Waals surface area contributed by atoms with Gasteiger partial charge in [-0.15, -0.1) is 0 Å². The average Bonchev–Trinajstić information content (AvgIpc) is 3.09. The van der Waals surface area contributed by atoms with Gasteiger partial charge in [-0.3, -0.25) is 19.1 Å². The van der Waals surface area contributed by atoms with Gasteiger partial charge in [-0.2, -0.15) is 5.10 Å². The smallest absolute Gasteiger partial charge is 0.276 e. The van der Waals surface area contributed by atoms with Crippen molar-refractivity contribution in [2.45, 2.75) is 46.0 Å². The first-order valence-corrected chi connectivity index (χ1v) is 9.75. The van der Waals surface area contributed by atoms with Crippen LogP contribution in [0.1, 0.15) is 42.1 Å². The molecule has 4 rings (SSSR count). The van der Waals surface area contributed by atoms with Crippen LogP contribution in [-0.4, -0.2) is 35.7 Å². The zero-order valence-electron chi connectivity index (χ0n) is 16.7. The van der Waals surface area contributed by atoms with E-state index in [9.17, 15) is 9.90 Å². The molecule has 148 valence electrons. The van der Waals surface area contributed by atoms with Gasteiger partial charge in [-0.1, -0.05) is 18.2 Å². The molecule has 1 atom stereocenters. The quantitative estimate of drug-likeness (QED) is 0.752. The summed E-state index contributed by atoms with van der Waals surface area (Å²) >= 11 is 0. The van der Waals surface area contributed by atoms with E-state index in [1.54, 1.807) is 11.6 Å². The molecule has 0 spiro atoms. The van der Waals surface area contributed by atoms with Crippen LogP contribution in [0, 0.1) is 6.92 Å². The molecule has 7 nitrogen and oxygen atoms in total. The van der Waals surface area contributed by atoms with Crippen LogP contribution in [0.4, 0.5) is 0 Å². The van der Waals surface area contributed by atoms with Crippen LogP contribution in [-0.2, 0) is 26.7 Å². The molecule has 1 aromatic carbocycles. The maximum absolute atomic E-state index is 13.2. The summed E-state index contributed by atoms with van der Waals surface area (Å²) in [5, 5.41) is 14.3. The maximum atomic E-state index is 13.2. The van der Waals surface area contributed by atoms with E-state index in [-0.39, 0.29) is 5.56 Å². The van der Waals surface area contributed by atoms with Crippen molar-refractivity contribution in [2.24, 2.45) is 7.05 Å². The van der Waals surface area contributed by atoms with Gasteiger partial charge in [0.25, 0.3) is 5.56 Å². The number of aliphatic hydroxyl groups excluding tert-OH is 1. The number of aromatic nitrogens is 4. The minimum absolute atomic E-state index is 0.0358. The minimum atomic E-state index is -0.567. The largest absolute Gasteiger partial charge is 0.387 e. The van der Waals surface area contributed by atoms with Gasteiger partial charge >= 0.3 is 0 Å². The predicted octanol–water partition coefficient (Wildman–Crippen LogP) is 2.14. The molecule has 0 bridgehead atoms. The van der Waals surface area contributed by atoms with Gasteiger partial charge in [0.2, 0.25) is 0 Å². The monoisotopic (exact) mass is 381 g/mol. The Morgan fingerprint density at radius 3 is 2.68 bits per heavy atom. The van der Waals surface area contributed by atoms with Crippen molar-refractivity contribution in [1.82, 2.24) is 24.0 Å². The van der Waals surface area contributed by atoms with Gasteiger partial charge in [0.15, 0.2) is 0 Å². The summed E-state index contributed by atoms with van der Waals surface area (Å²) in [4.78, 5) is 15.5. The van der Waals surface area contributed by atoms with E-state index in [1.807, 2.05) is 59.7 Å². The number of para-hydroxylation sites is 1. The third kappa shape index (κ3) is 3.31. The Hall–Kier alpha value is -2.64. The standard InChI is InChI=1S/C21H27N5O2/c1-15-19(21(28)26(23(15)3)17-8-5-4-6-9-17)14-24-10-7-11-25-18(13-24)12-20(22-25)16(2)27/h4-6,8-9,12,16,27H,7,10-11,13-14H2,1-3H3. The van der Waals surface area contributed by atoms with Gasteiger partial charge < -0.3 is 5.11 Å². The molecule has 0 radical (unpaired) electrons. The summed E-state index contributed by atoms with van der Waals surface area (Å²) in [6, 6.07) is 11.7. The predicted molar refractivity (Wildman–Crippen MR) is 107 cm³/mol. The molecule has 7 heteroatoms. The highest BCUT2D eigenvalue weighted by atomic mass is 16.3. The lowest BCUT2D eigenvalue weighted by Gasteiger charge is -2.18. The highest BCUT2D eigenvalue weighted by Crippen LogP contribution is 2.20. The summed E-state index contributed by atoms with van der Waals surface area (Å²) in [6.07, 6.45) is 0.398. The van der Waals surface area contributed by atoms with Gasteiger partial charge in [0, 0.05) is 38.9 Å². The number of hydrogen-bond acceptors (Lipinski definition) is 4. The van der Waals surface area contributed by atoms with Crippen molar-refractivity contribution in [3.63, 3.8) is 0 Å². The van der Waals surface area contributed by atoms with Crippen molar-refractivity contribution in [2.75, 3.05) is 6.54 Å². The Labute approximate surface area is 164 Å². The Morgan fingerprint density at radius 1 is 1.21 bits per heavy atom. The lowest BCUT2D eigenvalue weighted by atomic mass is 10.2. The zero-order chi connectivity index (χ0) is 19.8. The SMILES string of the molecule is Cc1c(CN2CCCn3nc(C(C)O)cc3C2)c(=O)n(-c2ccccc2)n1C. The number of aliphatic hydroxyl groups is 1. The topological polar surface area (TPSA) is 68.2 Å². The molecule has 1 unspecified atom stereocenters. The fraction of sp³-hybridized carbons (Fsp3) is 0.429. The van der Waals surface area contributed by atoms with E-state index in [1.165, 1.54) is 0 Å². The second kappa shape index (κ2) is 7.41. The van der Waals surface area contributed by atoms with Crippen molar-refractivity contribution < 1.29 is 5.11 Å². The third-order valence-corrected chi connectivity index (χ3v) is 5.60. The minimum Gasteiger partial charge on any atom is -0.387 e. The molecule has 0 saturated heterocycles. The first kappa shape index (κ1) is 18.7. The summed E-state index contributed by atoms with van der Waals surface area (Å²) in [7, 11) is 1.93. The molecular weight excluding hydrogens is 354 g/mol. The molecule has 1 aliphatic rings. The van der Waals surface area contributed by atoms with Crippen molar-refractivity contribution in [1.29, 1.82) is 0 Å². The number of rotatable bonds is 4. The van der Waals surface area contributed by atoms with E-state index in [4.69, 9.17) is 0 Å². The Balaban J connectivity index is 1.63. The highest BCUT2D eigenvalue weighted by Gasteiger charge is 2.22. The Kier molecular flexibility index (Phi) is 4.95. The lowest BCUT2D eigenvalue weighted by molar-refractivity contribution is 0.193. The fourth-order valence-electron chi connectivity index (χ4n) is 3.92. The molecule has 2 aromatic heterocycles. The van der Waals surface area contributed by atoms with Gasteiger partial charge in [-0.25, -0.2) is 4.68 Å². The Morgan fingerprint density at radius 2 is 1.96 bits per heavy atom. The number of nitrogens with zero attached hydrogens (tertiary/aromatic N) is 5.